The lowest BCUT2D eigenvalue weighted by Crippen LogP contribution is -2.28. The van der Waals surface area contributed by atoms with Crippen LogP contribution < -0.4 is 5.32 Å². The average molecular weight is 413 g/mol. The highest BCUT2D eigenvalue weighted by atomic mass is 16.5. The number of amides is 1. The van der Waals surface area contributed by atoms with Crippen LogP contribution in [0.2, 0.25) is 5.82 Å². The topological polar surface area (TPSA) is 122 Å². The van der Waals surface area contributed by atoms with Crippen LogP contribution in [-0.4, -0.2) is 58.7 Å². The SMILES string of the molecule is CC.CC(=O)CNC(=O)c1cnccn1.CC(C)O.COB(O)[C@@H](C)CC(C)C. The molecule has 9 heteroatoms. The van der Waals surface area contributed by atoms with E-state index in [4.69, 9.17) is 14.8 Å². The molecule has 168 valence electrons. The van der Waals surface area contributed by atoms with Gasteiger partial charge in [0.05, 0.1) is 12.7 Å². The van der Waals surface area contributed by atoms with Gasteiger partial charge in [0.15, 0.2) is 0 Å². The number of aromatic nitrogens is 2. The van der Waals surface area contributed by atoms with Gasteiger partial charge in [-0.15, -0.1) is 0 Å². The Hall–Kier alpha value is -1.84. The van der Waals surface area contributed by atoms with Crippen LogP contribution in [0.4, 0.5) is 0 Å². The van der Waals surface area contributed by atoms with Gasteiger partial charge in [-0.1, -0.05) is 34.6 Å². The van der Waals surface area contributed by atoms with Crippen LogP contribution in [0.5, 0.6) is 0 Å². The Morgan fingerprint density at radius 1 is 1.17 bits per heavy atom. The number of aliphatic hydroxyl groups excluding tert-OH is 1. The van der Waals surface area contributed by atoms with Crippen molar-refractivity contribution in [1.29, 1.82) is 0 Å². The van der Waals surface area contributed by atoms with E-state index < -0.39 is 7.12 Å². The zero-order chi connectivity index (χ0) is 23.4. The number of nitrogens with zero attached hydrogens (tertiary/aromatic N) is 2. The molecule has 1 atom stereocenters. The molecule has 0 fully saturated rings. The van der Waals surface area contributed by atoms with E-state index in [1.165, 1.54) is 32.6 Å². The van der Waals surface area contributed by atoms with Crippen LogP contribution in [0.3, 0.4) is 0 Å². The fourth-order valence-electron chi connectivity index (χ4n) is 1.80. The Bertz CT molecular complexity index is 513. The van der Waals surface area contributed by atoms with Crippen LogP contribution in [0, 0.1) is 5.92 Å². The van der Waals surface area contributed by atoms with Crippen molar-refractivity contribution in [1.82, 2.24) is 15.3 Å². The lowest BCUT2D eigenvalue weighted by molar-refractivity contribution is -0.116. The summed E-state index contributed by atoms with van der Waals surface area (Å²) in [6.07, 6.45) is 5.08. The molecule has 1 rings (SSSR count). The van der Waals surface area contributed by atoms with Crippen LogP contribution >= 0.6 is 0 Å². The van der Waals surface area contributed by atoms with E-state index in [2.05, 4.69) is 29.1 Å². The van der Waals surface area contributed by atoms with E-state index in [0.29, 0.717) is 5.92 Å². The summed E-state index contributed by atoms with van der Waals surface area (Å²) >= 11 is 0. The third kappa shape index (κ3) is 24.1. The first-order valence-corrected chi connectivity index (χ1v) is 9.93. The largest absolute Gasteiger partial charge is 0.456 e. The summed E-state index contributed by atoms with van der Waals surface area (Å²) in [5, 5.41) is 19.6. The van der Waals surface area contributed by atoms with Crippen molar-refractivity contribution in [2.24, 2.45) is 5.92 Å². The lowest BCUT2D eigenvalue weighted by Gasteiger charge is -2.14. The lowest BCUT2D eigenvalue weighted by atomic mass is 9.70. The summed E-state index contributed by atoms with van der Waals surface area (Å²) in [7, 11) is 0.934. The molecule has 0 saturated carbocycles. The molecule has 0 aliphatic rings. The predicted molar refractivity (Wildman–Crippen MR) is 118 cm³/mol. The second-order valence-corrected chi connectivity index (χ2v) is 6.80. The first-order valence-electron chi connectivity index (χ1n) is 9.93. The highest BCUT2D eigenvalue weighted by molar-refractivity contribution is 6.44. The highest BCUT2D eigenvalue weighted by Crippen LogP contribution is 2.18. The first-order chi connectivity index (χ1) is 13.5. The van der Waals surface area contributed by atoms with Crippen molar-refractivity contribution >= 4 is 18.8 Å². The molecule has 0 aliphatic heterocycles. The first kappa shape index (κ1) is 31.8. The Kier molecular flexibility index (Phi) is 22.9. The standard InChI is InChI=1S/C8H9N3O2.C7H17BO2.C3H8O.C2H6/c1-6(12)4-11-8(13)7-5-9-2-3-10-7;1-6(2)5-7(3)8(9)10-4;1-3(2)4;1-2/h2-3,5H,4H2,1H3,(H,11,13);6-7,9H,5H2,1-4H3;3-4H,1-2H3;1-2H3/t;7-;;/m.0../s1. The maximum absolute atomic E-state index is 11.2. The number of ketones is 1. The molecule has 0 unspecified atom stereocenters. The maximum atomic E-state index is 11.2. The molecular formula is C20H40BN3O5. The molecule has 0 spiro atoms. The Morgan fingerprint density at radius 2 is 1.69 bits per heavy atom. The molecular weight excluding hydrogens is 373 g/mol. The highest BCUT2D eigenvalue weighted by Gasteiger charge is 2.21. The maximum Gasteiger partial charge on any atom is 0.456 e. The van der Waals surface area contributed by atoms with E-state index >= 15 is 0 Å². The molecule has 0 bridgehead atoms. The molecule has 29 heavy (non-hydrogen) atoms. The van der Waals surface area contributed by atoms with Crippen LogP contribution in [0.15, 0.2) is 18.6 Å². The van der Waals surface area contributed by atoms with Gasteiger partial charge in [-0.3, -0.25) is 14.6 Å². The number of Topliss-reactive ketones (excluding diaryl/α,β-unsaturated/α-hetero) is 1. The third-order valence-electron chi connectivity index (χ3n) is 2.87. The minimum atomic E-state index is -0.595. The molecule has 8 nitrogen and oxygen atoms in total. The Labute approximate surface area is 176 Å². The minimum Gasteiger partial charge on any atom is -0.427 e. The van der Waals surface area contributed by atoms with Crippen LogP contribution in [0.1, 0.15) is 72.3 Å². The number of aliphatic hydroxyl groups is 1. The number of nitrogens with one attached hydrogen (secondary N) is 1. The van der Waals surface area contributed by atoms with E-state index in [-0.39, 0.29) is 35.9 Å². The Balaban J connectivity index is -0.000000375. The van der Waals surface area contributed by atoms with Crippen molar-refractivity contribution in [2.45, 2.75) is 73.7 Å². The van der Waals surface area contributed by atoms with Gasteiger partial charge in [-0.05, 0) is 38.9 Å². The Morgan fingerprint density at radius 3 is 2.03 bits per heavy atom. The second-order valence-electron chi connectivity index (χ2n) is 6.80. The molecule has 0 aromatic carbocycles. The van der Waals surface area contributed by atoms with Gasteiger partial charge < -0.3 is 20.1 Å². The quantitative estimate of drug-likeness (QED) is 0.588. The van der Waals surface area contributed by atoms with Gasteiger partial charge in [0.1, 0.15) is 11.5 Å². The normalized spacial score (nSPS) is 10.4. The molecule has 3 N–H and O–H groups in total. The molecule has 0 radical (unpaired) electrons. The summed E-state index contributed by atoms with van der Waals surface area (Å²) in [6.45, 7) is 15.1. The third-order valence-corrected chi connectivity index (χ3v) is 2.87. The van der Waals surface area contributed by atoms with E-state index in [9.17, 15) is 9.59 Å². The molecule has 1 aromatic rings. The van der Waals surface area contributed by atoms with Gasteiger partial charge in [-0.2, -0.15) is 0 Å². The van der Waals surface area contributed by atoms with Gasteiger partial charge in [0, 0.05) is 25.6 Å². The summed E-state index contributed by atoms with van der Waals surface area (Å²) in [6, 6.07) is 0. The zero-order valence-corrected chi connectivity index (χ0v) is 19.5. The van der Waals surface area contributed by atoms with Crippen molar-refractivity contribution in [3.8, 4) is 0 Å². The smallest absolute Gasteiger partial charge is 0.427 e. The summed E-state index contributed by atoms with van der Waals surface area (Å²) < 4.78 is 4.77. The van der Waals surface area contributed by atoms with Gasteiger partial charge in [-0.25, -0.2) is 4.98 Å². The van der Waals surface area contributed by atoms with Gasteiger partial charge >= 0.3 is 7.12 Å². The summed E-state index contributed by atoms with van der Waals surface area (Å²) in [4.78, 5) is 29.2. The molecule has 1 aromatic heterocycles. The summed E-state index contributed by atoms with van der Waals surface area (Å²) in [5.74, 6) is 0.380. The van der Waals surface area contributed by atoms with Crippen molar-refractivity contribution in [3.63, 3.8) is 0 Å². The number of hydrogen-bond donors (Lipinski definition) is 3. The summed E-state index contributed by atoms with van der Waals surface area (Å²) in [5.41, 5.74) is 0.212. The molecule has 1 amide bonds. The molecule has 0 aliphatic carbocycles. The van der Waals surface area contributed by atoms with E-state index in [0.717, 1.165) is 6.42 Å². The van der Waals surface area contributed by atoms with Gasteiger partial charge in [0.2, 0.25) is 0 Å². The molecule has 0 saturated heterocycles. The number of carbonyl (C=O) groups is 2. The fourth-order valence-corrected chi connectivity index (χ4v) is 1.80. The van der Waals surface area contributed by atoms with Crippen molar-refractivity contribution in [3.05, 3.63) is 24.3 Å². The zero-order valence-electron chi connectivity index (χ0n) is 19.5. The predicted octanol–water partition coefficient (Wildman–Crippen LogP) is 2.76. The number of hydrogen-bond acceptors (Lipinski definition) is 7. The minimum absolute atomic E-state index is 0.0232. The van der Waals surface area contributed by atoms with Crippen LogP contribution in [-0.2, 0) is 9.45 Å². The number of carbonyl (C=O) groups excluding carboxylic acids is 2. The number of rotatable bonds is 7. The monoisotopic (exact) mass is 413 g/mol. The van der Waals surface area contributed by atoms with Gasteiger partial charge in [0.25, 0.3) is 5.91 Å². The van der Waals surface area contributed by atoms with E-state index in [1.807, 2.05) is 20.8 Å². The molecule has 1 heterocycles. The average Bonchev–Trinajstić information content (AvgIpc) is 2.67. The second kappa shape index (κ2) is 20.9. The van der Waals surface area contributed by atoms with Crippen LogP contribution in [0.25, 0.3) is 0 Å². The van der Waals surface area contributed by atoms with Crippen molar-refractivity contribution in [2.75, 3.05) is 13.7 Å². The van der Waals surface area contributed by atoms with E-state index in [1.54, 1.807) is 13.8 Å². The van der Waals surface area contributed by atoms with Crippen molar-refractivity contribution < 1.29 is 24.4 Å². The fraction of sp³-hybridized carbons (Fsp3) is 0.700.